The molecule has 2 aromatic carbocycles. The lowest BCUT2D eigenvalue weighted by molar-refractivity contribution is 0.0952. The van der Waals surface area contributed by atoms with Crippen LogP contribution in [0.5, 0.6) is 11.5 Å². The van der Waals surface area contributed by atoms with Crippen LogP contribution in [0, 0.1) is 0 Å². The van der Waals surface area contributed by atoms with E-state index in [2.05, 4.69) is 17.4 Å². The largest absolute Gasteiger partial charge is 0.486 e. The lowest BCUT2D eigenvalue weighted by Gasteiger charge is -2.20. The van der Waals surface area contributed by atoms with Crippen molar-refractivity contribution < 1.29 is 14.3 Å². The summed E-state index contributed by atoms with van der Waals surface area (Å²) in [5.74, 6) is 1.84. The van der Waals surface area contributed by atoms with E-state index in [1.807, 2.05) is 18.2 Å². The number of hydrogen-bond donors (Lipinski definition) is 1. The number of benzene rings is 2. The first-order chi connectivity index (χ1) is 11.7. The van der Waals surface area contributed by atoms with Crippen molar-refractivity contribution in [2.45, 2.75) is 11.3 Å². The number of carbonyl (C=O) groups excluding carboxylic acids is 1. The molecule has 0 aromatic heterocycles. The fourth-order valence-electron chi connectivity index (χ4n) is 2.32. The second kappa shape index (κ2) is 8.31. The molecular weight excluding hydrogens is 346 g/mol. The van der Waals surface area contributed by atoms with Crippen LogP contribution in [0.25, 0.3) is 0 Å². The van der Waals surface area contributed by atoms with E-state index in [0.29, 0.717) is 41.8 Å². The van der Waals surface area contributed by atoms with E-state index in [0.717, 1.165) is 12.2 Å². The van der Waals surface area contributed by atoms with Gasteiger partial charge in [0.1, 0.15) is 13.2 Å². The first-order valence-corrected chi connectivity index (χ1v) is 9.15. The molecule has 3 rings (SSSR count). The monoisotopic (exact) mass is 363 g/mol. The van der Waals surface area contributed by atoms with Crippen molar-refractivity contribution >= 4 is 29.3 Å². The topological polar surface area (TPSA) is 47.6 Å². The second-order valence-corrected chi connectivity index (χ2v) is 6.83. The van der Waals surface area contributed by atoms with Gasteiger partial charge in [0.15, 0.2) is 11.5 Å². The number of rotatable bonds is 6. The van der Waals surface area contributed by atoms with E-state index in [-0.39, 0.29) is 5.91 Å². The highest BCUT2D eigenvalue weighted by Gasteiger charge is 2.19. The molecule has 0 bridgehead atoms. The van der Waals surface area contributed by atoms with Crippen molar-refractivity contribution in [1.82, 2.24) is 5.32 Å². The molecule has 0 saturated heterocycles. The smallest absolute Gasteiger partial charge is 0.251 e. The molecule has 1 amide bonds. The summed E-state index contributed by atoms with van der Waals surface area (Å²) in [6.45, 7) is 1.55. The maximum absolute atomic E-state index is 12.2. The van der Waals surface area contributed by atoms with Gasteiger partial charge in [-0.2, -0.15) is 0 Å². The van der Waals surface area contributed by atoms with Crippen molar-refractivity contribution in [2.24, 2.45) is 0 Å². The molecule has 1 aliphatic rings. The average molecular weight is 364 g/mol. The molecule has 1 aliphatic heterocycles. The Kier molecular flexibility index (Phi) is 5.88. The SMILES string of the molecule is O=C(NCCCSc1ccccc1)c1cc(Cl)c2c(c1)OCCO2. The molecule has 0 radical (unpaired) electrons. The minimum absolute atomic E-state index is 0.154. The maximum atomic E-state index is 12.2. The summed E-state index contributed by atoms with van der Waals surface area (Å²) in [6, 6.07) is 13.5. The maximum Gasteiger partial charge on any atom is 0.251 e. The van der Waals surface area contributed by atoms with Crippen LogP contribution in [0.4, 0.5) is 0 Å². The van der Waals surface area contributed by atoms with E-state index in [1.165, 1.54) is 4.90 Å². The fraction of sp³-hybridized carbons (Fsp3) is 0.278. The van der Waals surface area contributed by atoms with E-state index < -0.39 is 0 Å². The Morgan fingerprint density at radius 2 is 1.96 bits per heavy atom. The number of hydrogen-bond acceptors (Lipinski definition) is 4. The van der Waals surface area contributed by atoms with Crippen LogP contribution in [-0.2, 0) is 0 Å². The Morgan fingerprint density at radius 1 is 1.17 bits per heavy atom. The summed E-state index contributed by atoms with van der Waals surface area (Å²) >= 11 is 7.93. The molecule has 0 saturated carbocycles. The second-order valence-electron chi connectivity index (χ2n) is 5.25. The van der Waals surface area contributed by atoms with Crippen LogP contribution >= 0.6 is 23.4 Å². The van der Waals surface area contributed by atoms with Crippen LogP contribution in [-0.4, -0.2) is 31.4 Å². The summed E-state index contributed by atoms with van der Waals surface area (Å²) in [5.41, 5.74) is 0.486. The van der Waals surface area contributed by atoms with Gasteiger partial charge in [0, 0.05) is 17.0 Å². The Bertz CT molecular complexity index is 709. The number of amides is 1. The molecule has 0 spiro atoms. The van der Waals surface area contributed by atoms with Crippen LogP contribution in [0.15, 0.2) is 47.4 Å². The summed E-state index contributed by atoms with van der Waals surface area (Å²) < 4.78 is 10.9. The molecule has 4 nitrogen and oxygen atoms in total. The van der Waals surface area contributed by atoms with E-state index in [1.54, 1.807) is 23.9 Å². The van der Waals surface area contributed by atoms with Crippen LogP contribution in [0.3, 0.4) is 0 Å². The third-order valence-corrected chi connectivity index (χ3v) is 4.86. The predicted octanol–water partition coefficient (Wildman–Crippen LogP) is 4.02. The molecule has 6 heteroatoms. The number of halogens is 1. The van der Waals surface area contributed by atoms with Gasteiger partial charge in [-0.25, -0.2) is 0 Å². The van der Waals surface area contributed by atoms with Gasteiger partial charge in [-0.05, 0) is 36.4 Å². The quantitative estimate of drug-likeness (QED) is 0.622. The van der Waals surface area contributed by atoms with Crippen LogP contribution in [0.2, 0.25) is 5.02 Å². The summed E-state index contributed by atoms with van der Waals surface area (Å²) in [7, 11) is 0. The highest BCUT2D eigenvalue weighted by atomic mass is 35.5. The zero-order valence-corrected chi connectivity index (χ0v) is 14.7. The lowest BCUT2D eigenvalue weighted by atomic mass is 10.1. The number of ether oxygens (including phenoxy) is 2. The summed E-state index contributed by atoms with van der Waals surface area (Å²) in [5, 5.41) is 3.31. The van der Waals surface area contributed by atoms with E-state index in [4.69, 9.17) is 21.1 Å². The highest BCUT2D eigenvalue weighted by Crippen LogP contribution is 2.38. The van der Waals surface area contributed by atoms with Gasteiger partial charge < -0.3 is 14.8 Å². The van der Waals surface area contributed by atoms with Crippen molar-refractivity contribution in [3.05, 3.63) is 53.1 Å². The lowest BCUT2D eigenvalue weighted by Crippen LogP contribution is -2.25. The zero-order chi connectivity index (χ0) is 16.8. The normalized spacial score (nSPS) is 12.7. The Hall–Kier alpha value is -1.85. The summed E-state index contributed by atoms with van der Waals surface area (Å²) in [6.07, 6.45) is 0.892. The van der Waals surface area contributed by atoms with Crippen molar-refractivity contribution in [3.8, 4) is 11.5 Å². The van der Waals surface area contributed by atoms with Crippen LogP contribution in [0.1, 0.15) is 16.8 Å². The third-order valence-electron chi connectivity index (χ3n) is 3.48. The molecule has 0 unspecified atom stereocenters. The van der Waals surface area contributed by atoms with Gasteiger partial charge in [0.05, 0.1) is 5.02 Å². The van der Waals surface area contributed by atoms with Crippen LogP contribution < -0.4 is 14.8 Å². The predicted molar refractivity (Wildman–Crippen MR) is 96.6 cm³/mol. The number of nitrogens with one attached hydrogen (secondary N) is 1. The van der Waals surface area contributed by atoms with Crippen molar-refractivity contribution in [3.63, 3.8) is 0 Å². The molecule has 0 atom stereocenters. The first kappa shape index (κ1) is 17.0. The van der Waals surface area contributed by atoms with Gasteiger partial charge in [0.25, 0.3) is 5.91 Å². The fourth-order valence-corrected chi connectivity index (χ4v) is 3.46. The molecule has 2 aromatic rings. The van der Waals surface area contributed by atoms with Gasteiger partial charge in [-0.1, -0.05) is 29.8 Å². The Balaban J connectivity index is 1.48. The summed E-state index contributed by atoms with van der Waals surface area (Å²) in [4.78, 5) is 13.5. The molecule has 24 heavy (non-hydrogen) atoms. The minimum Gasteiger partial charge on any atom is -0.486 e. The Labute approximate surface area is 150 Å². The standard InChI is InChI=1S/C18H18ClNO3S/c19-15-11-13(12-16-17(15)23-9-8-22-16)18(21)20-7-4-10-24-14-5-2-1-3-6-14/h1-3,5-6,11-12H,4,7-10H2,(H,20,21). The van der Waals surface area contributed by atoms with Gasteiger partial charge in [-0.3, -0.25) is 4.79 Å². The molecule has 0 aliphatic carbocycles. The molecule has 1 heterocycles. The molecule has 1 N–H and O–H groups in total. The van der Waals surface area contributed by atoms with Crippen molar-refractivity contribution in [1.29, 1.82) is 0 Å². The first-order valence-electron chi connectivity index (χ1n) is 7.79. The molecule has 126 valence electrons. The van der Waals surface area contributed by atoms with Gasteiger partial charge in [-0.15, -0.1) is 11.8 Å². The molecular formula is C18H18ClNO3S. The number of thioether (sulfide) groups is 1. The minimum atomic E-state index is -0.154. The Morgan fingerprint density at radius 3 is 2.79 bits per heavy atom. The van der Waals surface area contributed by atoms with E-state index >= 15 is 0 Å². The highest BCUT2D eigenvalue weighted by molar-refractivity contribution is 7.99. The number of carbonyl (C=O) groups is 1. The average Bonchev–Trinajstić information content (AvgIpc) is 2.62. The van der Waals surface area contributed by atoms with E-state index in [9.17, 15) is 4.79 Å². The van der Waals surface area contributed by atoms with Gasteiger partial charge in [0.2, 0.25) is 0 Å². The zero-order valence-electron chi connectivity index (χ0n) is 13.1. The van der Waals surface area contributed by atoms with Gasteiger partial charge >= 0.3 is 0 Å². The number of fused-ring (bicyclic) bond motifs is 1. The molecule has 0 fully saturated rings. The third kappa shape index (κ3) is 4.36. The van der Waals surface area contributed by atoms with Crippen molar-refractivity contribution in [2.75, 3.05) is 25.5 Å².